The number of ether oxygens (including phenoxy) is 1. The first-order valence-corrected chi connectivity index (χ1v) is 9.80. The number of fused-ring (bicyclic) bond motifs is 1. The van der Waals surface area contributed by atoms with Crippen LogP contribution in [-0.2, 0) is 17.5 Å². The van der Waals surface area contributed by atoms with Gasteiger partial charge in [0.25, 0.3) is 0 Å². The van der Waals surface area contributed by atoms with Crippen LogP contribution < -0.4 is 5.73 Å². The number of nitrogens with two attached hydrogens (primary N) is 1. The van der Waals surface area contributed by atoms with Crippen LogP contribution in [0.3, 0.4) is 0 Å². The van der Waals surface area contributed by atoms with Crippen molar-refractivity contribution in [2.24, 2.45) is 11.8 Å². The summed E-state index contributed by atoms with van der Waals surface area (Å²) in [7, 11) is 0. The van der Waals surface area contributed by atoms with E-state index in [-0.39, 0.29) is 29.0 Å². The van der Waals surface area contributed by atoms with Gasteiger partial charge in [0.2, 0.25) is 0 Å². The van der Waals surface area contributed by atoms with E-state index in [1.165, 1.54) is 6.07 Å². The zero-order chi connectivity index (χ0) is 22.1. The lowest BCUT2D eigenvalue weighted by Crippen LogP contribution is -2.48. The highest BCUT2D eigenvalue weighted by Gasteiger charge is 2.59. The molecule has 3 aliphatic rings. The molecule has 1 saturated carbocycles. The molecule has 168 valence electrons. The number of likely N-dealkylation sites (tertiary alicyclic amines) is 1. The molecule has 3 atom stereocenters. The van der Waals surface area contributed by atoms with E-state index in [1.807, 2.05) is 0 Å². The molecular formula is C19H19F6N5O. The van der Waals surface area contributed by atoms with Gasteiger partial charge in [0.05, 0.1) is 30.5 Å². The number of alkyl halides is 6. The molecule has 12 heteroatoms. The molecule has 6 nitrogen and oxygen atoms in total. The van der Waals surface area contributed by atoms with Gasteiger partial charge in [-0.25, -0.2) is 4.98 Å². The Bertz CT molecular complexity index is 987. The first kappa shape index (κ1) is 20.6. The molecule has 31 heavy (non-hydrogen) atoms. The number of piperidine rings is 1. The third-order valence-corrected chi connectivity index (χ3v) is 6.36. The van der Waals surface area contributed by atoms with Crippen molar-refractivity contribution in [3.05, 3.63) is 29.6 Å². The lowest BCUT2D eigenvalue weighted by atomic mass is 10.1. The van der Waals surface area contributed by atoms with Crippen LogP contribution in [0, 0.1) is 11.8 Å². The molecule has 1 aliphatic carbocycles. The number of anilines is 1. The van der Waals surface area contributed by atoms with Gasteiger partial charge in [-0.05, 0) is 24.0 Å². The molecular weight excluding hydrogens is 428 g/mol. The summed E-state index contributed by atoms with van der Waals surface area (Å²) < 4.78 is 85.0. The van der Waals surface area contributed by atoms with E-state index in [4.69, 9.17) is 10.5 Å². The standard InChI is InChI=1S/C19H19F6N5O/c20-18(21,22)8-30-15(16-11-4-29(5-12(11)16)10-6-31-7-10)2-14(28-30)9-1-13(19(23,24)25)17(26)27-3-9/h1-3,10-12,16H,4-8H2,(H2,26,27)/t11-,12?,16?/m0/s1. The lowest BCUT2D eigenvalue weighted by Gasteiger charge is -2.35. The van der Waals surface area contributed by atoms with Crippen LogP contribution in [0.5, 0.6) is 0 Å². The second-order valence-corrected chi connectivity index (χ2v) is 8.38. The highest BCUT2D eigenvalue weighted by molar-refractivity contribution is 5.63. The zero-order valence-corrected chi connectivity index (χ0v) is 16.1. The predicted molar refractivity (Wildman–Crippen MR) is 96.8 cm³/mol. The first-order valence-electron chi connectivity index (χ1n) is 9.80. The average Bonchev–Trinajstić information content (AvgIpc) is 2.94. The van der Waals surface area contributed by atoms with Gasteiger partial charge in [0, 0.05) is 36.5 Å². The predicted octanol–water partition coefficient (Wildman–Crippen LogP) is 3.15. The second-order valence-electron chi connectivity index (χ2n) is 8.38. The summed E-state index contributed by atoms with van der Waals surface area (Å²) in [5.74, 6) is -0.354. The van der Waals surface area contributed by atoms with Crippen molar-refractivity contribution in [3.8, 4) is 11.3 Å². The molecule has 3 fully saturated rings. The third kappa shape index (κ3) is 3.75. The van der Waals surface area contributed by atoms with Gasteiger partial charge in [-0.3, -0.25) is 9.58 Å². The molecule has 0 spiro atoms. The minimum Gasteiger partial charge on any atom is -0.383 e. The Morgan fingerprint density at radius 2 is 1.74 bits per heavy atom. The van der Waals surface area contributed by atoms with Gasteiger partial charge in [0.15, 0.2) is 0 Å². The molecule has 5 rings (SSSR count). The third-order valence-electron chi connectivity index (χ3n) is 6.36. The van der Waals surface area contributed by atoms with Gasteiger partial charge in [0.1, 0.15) is 12.4 Å². The minimum absolute atomic E-state index is 0.0199. The van der Waals surface area contributed by atoms with E-state index >= 15 is 0 Å². The van der Waals surface area contributed by atoms with E-state index < -0.39 is 30.3 Å². The first-order chi connectivity index (χ1) is 14.5. The minimum atomic E-state index is -4.73. The van der Waals surface area contributed by atoms with Gasteiger partial charge >= 0.3 is 12.4 Å². The summed E-state index contributed by atoms with van der Waals surface area (Å²) in [4.78, 5) is 5.86. The smallest absolute Gasteiger partial charge is 0.383 e. The van der Waals surface area contributed by atoms with Crippen molar-refractivity contribution in [2.75, 3.05) is 32.0 Å². The molecule has 0 bridgehead atoms. The van der Waals surface area contributed by atoms with Crippen molar-refractivity contribution < 1.29 is 31.1 Å². The van der Waals surface area contributed by atoms with Crippen LogP contribution in [0.1, 0.15) is 17.2 Å². The maximum atomic E-state index is 13.2. The summed E-state index contributed by atoms with van der Waals surface area (Å²) in [6.07, 6.45) is -8.14. The van der Waals surface area contributed by atoms with Gasteiger partial charge < -0.3 is 10.5 Å². The SMILES string of the molecule is Nc1ncc(-c2cc(C3C4CN(C5COC5)C[C@@H]43)n(CC(F)(F)F)n2)cc1C(F)(F)F. The van der Waals surface area contributed by atoms with E-state index in [2.05, 4.69) is 15.0 Å². The summed E-state index contributed by atoms with van der Waals surface area (Å²) in [6.45, 7) is 1.60. The van der Waals surface area contributed by atoms with Crippen LogP contribution in [0.4, 0.5) is 32.2 Å². The number of rotatable bonds is 4. The van der Waals surface area contributed by atoms with Crippen molar-refractivity contribution >= 4 is 5.82 Å². The fourth-order valence-corrected chi connectivity index (χ4v) is 4.71. The van der Waals surface area contributed by atoms with Crippen molar-refractivity contribution in [1.29, 1.82) is 0 Å². The number of aromatic nitrogens is 3. The number of halogens is 6. The van der Waals surface area contributed by atoms with Crippen LogP contribution >= 0.6 is 0 Å². The highest BCUT2D eigenvalue weighted by atomic mass is 19.4. The molecule has 2 unspecified atom stereocenters. The molecule has 4 heterocycles. The zero-order valence-electron chi connectivity index (χ0n) is 16.1. The summed E-state index contributed by atoms with van der Waals surface area (Å²) in [6, 6.07) is 2.60. The normalized spacial score (nSPS) is 26.7. The highest BCUT2D eigenvalue weighted by Crippen LogP contribution is 2.59. The second kappa shape index (κ2) is 6.83. The van der Waals surface area contributed by atoms with Crippen molar-refractivity contribution in [1.82, 2.24) is 19.7 Å². The molecule has 0 amide bonds. The quantitative estimate of drug-likeness (QED) is 0.730. The fraction of sp³-hybridized carbons (Fsp3) is 0.579. The number of nitrogen functional groups attached to an aromatic ring is 1. The van der Waals surface area contributed by atoms with Crippen LogP contribution in [0.15, 0.2) is 18.3 Å². The Morgan fingerprint density at radius 3 is 2.29 bits per heavy atom. The van der Waals surface area contributed by atoms with E-state index in [1.54, 1.807) is 0 Å². The summed E-state index contributed by atoms with van der Waals surface area (Å²) >= 11 is 0. The molecule has 2 aromatic heterocycles. The maximum absolute atomic E-state index is 13.2. The Morgan fingerprint density at radius 1 is 1.06 bits per heavy atom. The monoisotopic (exact) mass is 447 g/mol. The van der Waals surface area contributed by atoms with E-state index in [0.717, 1.165) is 30.0 Å². The topological polar surface area (TPSA) is 69.2 Å². The number of pyridine rings is 1. The molecule has 2 saturated heterocycles. The lowest BCUT2D eigenvalue weighted by molar-refractivity contribution is -0.143. The van der Waals surface area contributed by atoms with Crippen LogP contribution in [-0.4, -0.2) is 58.2 Å². The van der Waals surface area contributed by atoms with Crippen LogP contribution in [0.25, 0.3) is 11.3 Å². The Hall–Kier alpha value is -2.34. The maximum Gasteiger partial charge on any atom is 0.419 e. The van der Waals surface area contributed by atoms with Gasteiger partial charge in [-0.15, -0.1) is 0 Å². The summed E-state index contributed by atoms with van der Waals surface area (Å²) in [5, 5.41) is 4.00. The van der Waals surface area contributed by atoms with Crippen molar-refractivity contribution in [2.45, 2.75) is 30.9 Å². The number of hydrogen-bond donors (Lipinski definition) is 1. The largest absolute Gasteiger partial charge is 0.419 e. The van der Waals surface area contributed by atoms with Gasteiger partial charge in [-0.2, -0.15) is 31.4 Å². The molecule has 2 N–H and O–H groups in total. The molecule has 2 aromatic rings. The molecule has 2 aliphatic heterocycles. The van der Waals surface area contributed by atoms with E-state index in [0.29, 0.717) is 24.9 Å². The average molecular weight is 447 g/mol. The Labute approximate surface area is 173 Å². The van der Waals surface area contributed by atoms with Crippen LogP contribution in [0.2, 0.25) is 0 Å². The number of hydrogen-bond acceptors (Lipinski definition) is 5. The molecule has 0 aromatic carbocycles. The van der Waals surface area contributed by atoms with Crippen molar-refractivity contribution in [3.63, 3.8) is 0 Å². The Balaban J connectivity index is 1.45. The fourth-order valence-electron chi connectivity index (χ4n) is 4.71. The summed E-state index contributed by atoms with van der Waals surface area (Å²) in [5.41, 5.74) is 4.58. The Kier molecular flexibility index (Phi) is 4.53. The van der Waals surface area contributed by atoms with E-state index in [9.17, 15) is 26.3 Å². The molecule has 0 radical (unpaired) electrons. The number of nitrogens with zero attached hydrogens (tertiary/aromatic N) is 4. The van der Waals surface area contributed by atoms with Gasteiger partial charge in [-0.1, -0.05) is 0 Å².